The number of nitrogens with zero attached hydrogens (tertiary/aromatic N) is 2. The molecule has 1 amide bonds. The maximum Gasteiger partial charge on any atom is 0.266 e. The molecular formula is C15H11FN2O2S. The molecule has 0 aliphatic carbocycles. The number of amidine groups is 1. The van der Waals surface area contributed by atoms with Gasteiger partial charge in [-0.15, -0.1) is 0 Å². The molecule has 3 rings (SSSR count). The highest BCUT2D eigenvalue weighted by Gasteiger charge is 2.30. The third-order valence-corrected chi connectivity index (χ3v) is 3.93. The van der Waals surface area contributed by atoms with Crippen LogP contribution >= 0.6 is 11.8 Å². The number of carbonyl (C=O) groups excluding carboxylic acids is 1. The minimum atomic E-state index is -0.319. The fourth-order valence-electron chi connectivity index (χ4n) is 1.78. The van der Waals surface area contributed by atoms with Crippen molar-refractivity contribution in [2.75, 3.05) is 7.05 Å². The lowest BCUT2D eigenvalue weighted by Gasteiger charge is -2.06. The summed E-state index contributed by atoms with van der Waals surface area (Å²) in [4.78, 5) is 18.5. The van der Waals surface area contributed by atoms with Crippen LogP contribution in [0.5, 0.6) is 0 Å². The summed E-state index contributed by atoms with van der Waals surface area (Å²) in [5.74, 6) is 0.153. The van der Waals surface area contributed by atoms with Crippen LogP contribution in [0.2, 0.25) is 0 Å². The zero-order chi connectivity index (χ0) is 14.8. The molecular weight excluding hydrogens is 291 g/mol. The molecule has 6 heteroatoms. The highest BCUT2D eigenvalue weighted by molar-refractivity contribution is 8.18. The first-order valence-corrected chi connectivity index (χ1v) is 7.00. The van der Waals surface area contributed by atoms with Gasteiger partial charge in [-0.05, 0) is 48.2 Å². The summed E-state index contributed by atoms with van der Waals surface area (Å²) in [5.41, 5.74) is 0.595. The van der Waals surface area contributed by atoms with Crippen molar-refractivity contribution >= 4 is 34.6 Å². The summed E-state index contributed by atoms with van der Waals surface area (Å²) < 4.78 is 18.1. The lowest BCUT2D eigenvalue weighted by molar-refractivity contribution is -0.121. The van der Waals surface area contributed by atoms with Gasteiger partial charge < -0.3 is 4.42 Å². The van der Waals surface area contributed by atoms with Crippen LogP contribution in [0.25, 0.3) is 6.08 Å². The summed E-state index contributed by atoms with van der Waals surface area (Å²) in [5, 5.41) is 0.546. The van der Waals surface area contributed by atoms with Gasteiger partial charge in [0.15, 0.2) is 5.17 Å². The second-order valence-electron chi connectivity index (χ2n) is 4.36. The molecule has 0 saturated carbocycles. The van der Waals surface area contributed by atoms with Crippen molar-refractivity contribution in [3.8, 4) is 0 Å². The van der Waals surface area contributed by atoms with Gasteiger partial charge in [0.05, 0.1) is 16.9 Å². The Morgan fingerprint density at radius 1 is 1.29 bits per heavy atom. The van der Waals surface area contributed by atoms with E-state index in [1.807, 2.05) is 0 Å². The van der Waals surface area contributed by atoms with Gasteiger partial charge >= 0.3 is 0 Å². The fourth-order valence-corrected chi connectivity index (χ4v) is 2.75. The van der Waals surface area contributed by atoms with Gasteiger partial charge in [-0.2, -0.15) is 0 Å². The van der Waals surface area contributed by atoms with Gasteiger partial charge in [-0.3, -0.25) is 9.69 Å². The Morgan fingerprint density at radius 3 is 2.71 bits per heavy atom. The lowest BCUT2D eigenvalue weighted by Crippen LogP contribution is -2.23. The number of rotatable bonds is 2. The number of likely N-dealkylation sites (N-methyl/N-ethyl adjacent to an activating group) is 1. The van der Waals surface area contributed by atoms with Crippen LogP contribution in [-0.4, -0.2) is 23.0 Å². The van der Waals surface area contributed by atoms with Gasteiger partial charge in [0.1, 0.15) is 11.6 Å². The molecule has 1 aliphatic rings. The Hall–Kier alpha value is -2.34. The van der Waals surface area contributed by atoms with E-state index in [0.29, 0.717) is 21.5 Å². The zero-order valence-corrected chi connectivity index (χ0v) is 11.9. The summed E-state index contributed by atoms with van der Waals surface area (Å²) in [7, 11) is 1.65. The minimum absolute atomic E-state index is 0.141. The predicted molar refractivity (Wildman–Crippen MR) is 80.5 cm³/mol. The molecule has 2 heterocycles. The van der Waals surface area contributed by atoms with Crippen LogP contribution in [0.1, 0.15) is 5.76 Å². The smallest absolute Gasteiger partial charge is 0.266 e. The van der Waals surface area contributed by atoms with Gasteiger partial charge in [0, 0.05) is 13.1 Å². The lowest BCUT2D eigenvalue weighted by atomic mass is 10.3. The summed E-state index contributed by atoms with van der Waals surface area (Å²) in [6, 6.07) is 9.33. The number of furan rings is 1. The van der Waals surface area contributed by atoms with E-state index in [-0.39, 0.29) is 11.7 Å². The first-order chi connectivity index (χ1) is 10.1. The van der Waals surface area contributed by atoms with E-state index in [1.54, 1.807) is 43.7 Å². The second-order valence-corrected chi connectivity index (χ2v) is 5.37. The molecule has 0 N–H and O–H groups in total. The van der Waals surface area contributed by atoms with E-state index in [1.165, 1.54) is 28.8 Å². The molecule has 106 valence electrons. The van der Waals surface area contributed by atoms with E-state index < -0.39 is 0 Å². The first kappa shape index (κ1) is 13.6. The number of halogens is 1. The highest BCUT2D eigenvalue weighted by atomic mass is 32.2. The predicted octanol–water partition coefficient (Wildman–Crippen LogP) is 3.65. The van der Waals surface area contributed by atoms with Crippen molar-refractivity contribution in [1.82, 2.24) is 4.90 Å². The number of benzene rings is 1. The van der Waals surface area contributed by atoms with E-state index >= 15 is 0 Å². The van der Waals surface area contributed by atoms with Crippen LogP contribution in [0.15, 0.2) is 57.0 Å². The van der Waals surface area contributed by atoms with Crippen molar-refractivity contribution in [2.45, 2.75) is 0 Å². The molecule has 21 heavy (non-hydrogen) atoms. The molecule has 0 unspecified atom stereocenters. The summed E-state index contributed by atoms with van der Waals surface area (Å²) in [6.07, 6.45) is 3.23. The zero-order valence-electron chi connectivity index (χ0n) is 11.1. The molecule has 1 fully saturated rings. The second kappa shape index (κ2) is 5.57. The topological polar surface area (TPSA) is 45.8 Å². The van der Waals surface area contributed by atoms with Gasteiger partial charge in [-0.1, -0.05) is 0 Å². The van der Waals surface area contributed by atoms with Crippen molar-refractivity contribution < 1.29 is 13.6 Å². The molecule has 0 atom stereocenters. The molecule has 2 aromatic rings. The van der Waals surface area contributed by atoms with Gasteiger partial charge in [-0.25, -0.2) is 9.38 Å². The SMILES string of the molecule is CN1C(=O)/C(=C\c2ccco2)SC1=Nc1ccc(F)cc1. The van der Waals surface area contributed by atoms with Crippen LogP contribution in [0, 0.1) is 5.82 Å². The van der Waals surface area contributed by atoms with Crippen LogP contribution < -0.4 is 0 Å². The normalized spacial score (nSPS) is 19.0. The van der Waals surface area contributed by atoms with Crippen molar-refractivity contribution in [3.05, 3.63) is 59.1 Å². The number of thioether (sulfide) groups is 1. The minimum Gasteiger partial charge on any atom is -0.465 e. The molecule has 0 radical (unpaired) electrons. The van der Waals surface area contributed by atoms with Crippen molar-refractivity contribution in [3.63, 3.8) is 0 Å². The Morgan fingerprint density at radius 2 is 2.05 bits per heavy atom. The molecule has 1 aliphatic heterocycles. The van der Waals surface area contributed by atoms with Crippen LogP contribution in [-0.2, 0) is 4.79 Å². The number of aliphatic imine (C=N–C) groups is 1. The monoisotopic (exact) mass is 302 g/mol. The van der Waals surface area contributed by atoms with Crippen molar-refractivity contribution in [2.24, 2.45) is 4.99 Å². The molecule has 1 aromatic heterocycles. The Balaban J connectivity index is 1.88. The van der Waals surface area contributed by atoms with Gasteiger partial charge in [0.25, 0.3) is 5.91 Å². The standard InChI is InChI=1S/C15H11FN2O2S/c1-18-14(19)13(9-12-3-2-8-20-12)21-15(18)17-11-6-4-10(16)5-7-11/h2-9H,1H3/b13-9+,17-15?. The number of amides is 1. The van der Waals surface area contributed by atoms with E-state index in [0.717, 1.165) is 0 Å². The third kappa shape index (κ3) is 2.90. The molecule has 0 bridgehead atoms. The number of hydrogen-bond acceptors (Lipinski definition) is 4. The summed E-state index contributed by atoms with van der Waals surface area (Å²) >= 11 is 1.26. The highest BCUT2D eigenvalue weighted by Crippen LogP contribution is 2.33. The van der Waals surface area contributed by atoms with Crippen molar-refractivity contribution in [1.29, 1.82) is 0 Å². The number of hydrogen-bond donors (Lipinski definition) is 0. The Bertz CT molecular complexity index is 721. The average molecular weight is 302 g/mol. The first-order valence-electron chi connectivity index (χ1n) is 6.19. The maximum atomic E-state index is 12.9. The van der Waals surface area contributed by atoms with Gasteiger partial charge in [0.2, 0.25) is 0 Å². The van der Waals surface area contributed by atoms with Crippen LogP contribution in [0.3, 0.4) is 0 Å². The molecule has 1 aromatic carbocycles. The third-order valence-electron chi connectivity index (χ3n) is 2.87. The fraction of sp³-hybridized carbons (Fsp3) is 0.0667. The quantitative estimate of drug-likeness (QED) is 0.795. The Kier molecular flexibility index (Phi) is 3.62. The van der Waals surface area contributed by atoms with E-state index in [2.05, 4.69) is 4.99 Å². The molecule has 1 saturated heterocycles. The largest absolute Gasteiger partial charge is 0.465 e. The molecule has 4 nitrogen and oxygen atoms in total. The van der Waals surface area contributed by atoms with E-state index in [9.17, 15) is 9.18 Å². The van der Waals surface area contributed by atoms with E-state index in [4.69, 9.17) is 4.42 Å². The average Bonchev–Trinajstić information content (AvgIpc) is 3.07. The Labute approximate surface area is 125 Å². The molecule has 0 spiro atoms. The maximum absolute atomic E-state index is 12.9. The number of carbonyl (C=O) groups is 1. The van der Waals surface area contributed by atoms with Crippen LogP contribution in [0.4, 0.5) is 10.1 Å². The summed E-state index contributed by atoms with van der Waals surface area (Å²) in [6.45, 7) is 0.